The van der Waals surface area contributed by atoms with E-state index in [1.807, 2.05) is 79.1 Å². The molecule has 8 heteroatoms. The molecule has 0 aliphatic carbocycles. The highest BCUT2D eigenvalue weighted by atomic mass is 32.2. The maximum Gasteiger partial charge on any atom is 0.339 e. The highest BCUT2D eigenvalue weighted by Gasteiger charge is 2.28. The molecule has 212 valence electrons. The van der Waals surface area contributed by atoms with E-state index in [2.05, 4.69) is 12.1 Å². The van der Waals surface area contributed by atoms with Crippen molar-refractivity contribution in [3.05, 3.63) is 131 Å². The molecule has 2 aliphatic heterocycles. The van der Waals surface area contributed by atoms with Crippen LogP contribution in [0.2, 0.25) is 0 Å². The monoisotopic (exact) mass is 596 g/mol. The molecule has 6 rings (SSSR count). The molecule has 4 aromatic carbocycles. The fraction of sp³-hybridized carbons (Fsp3) is 0.118. The van der Waals surface area contributed by atoms with Gasteiger partial charge in [0.1, 0.15) is 13.2 Å². The van der Waals surface area contributed by atoms with Crippen molar-refractivity contribution < 1.29 is 27.5 Å². The van der Waals surface area contributed by atoms with Crippen molar-refractivity contribution in [1.29, 1.82) is 0 Å². The molecular weight excluding hydrogens is 569 g/mol. The average molecular weight is 597 g/mol. The van der Waals surface area contributed by atoms with E-state index in [4.69, 9.17) is 9.47 Å². The van der Waals surface area contributed by atoms with Gasteiger partial charge in [-0.05, 0) is 52.8 Å². The quantitative estimate of drug-likeness (QED) is 0.187. The molecule has 0 saturated heterocycles. The van der Waals surface area contributed by atoms with Crippen LogP contribution >= 0.6 is 11.8 Å². The van der Waals surface area contributed by atoms with Gasteiger partial charge in [0.2, 0.25) is 0 Å². The Morgan fingerprint density at radius 2 is 0.976 bits per heavy atom. The van der Waals surface area contributed by atoms with E-state index in [0.717, 1.165) is 33.4 Å². The molecule has 2 heterocycles. The summed E-state index contributed by atoms with van der Waals surface area (Å²) in [6.45, 7) is 0.545. The lowest BCUT2D eigenvalue weighted by Crippen LogP contribution is -1.98. The molecule has 2 aliphatic rings. The van der Waals surface area contributed by atoms with Gasteiger partial charge in [0.25, 0.3) is 0 Å². The van der Waals surface area contributed by atoms with E-state index < -0.39 is 9.84 Å². The van der Waals surface area contributed by atoms with Crippen LogP contribution in [0.15, 0.2) is 119 Å². The second-order valence-corrected chi connectivity index (χ2v) is 12.5. The number of cyclic esters (lactones) is 2. The first-order chi connectivity index (χ1) is 20.3. The van der Waals surface area contributed by atoms with Gasteiger partial charge in [-0.1, -0.05) is 84.9 Å². The van der Waals surface area contributed by atoms with Crippen LogP contribution in [0.3, 0.4) is 0 Å². The molecule has 0 N–H and O–H groups in total. The number of esters is 2. The first kappa shape index (κ1) is 29.1. The Hall–Kier alpha value is -4.40. The summed E-state index contributed by atoms with van der Waals surface area (Å²) in [5, 5.41) is 0. The minimum absolute atomic E-state index is 0.196. The second-order valence-electron chi connectivity index (χ2n) is 9.62. The number of benzene rings is 4. The summed E-state index contributed by atoms with van der Waals surface area (Å²) < 4.78 is 33.4. The largest absolute Gasteiger partial charge is 0.457 e. The van der Waals surface area contributed by atoms with E-state index >= 15 is 0 Å². The number of hydrogen-bond acceptors (Lipinski definition) is 7. The van der Waals surface area contributed by atoms with Gasteiger partial charge in [0, 0.05) is 22.3 Å². The van der Waals surface area contributed by atoms with E-state index in [0.29, 0.717) is 17.8 Å². The van der Waals surface area contributed by atoms with Crippen molar-refractivity contribution in [3.63, 3.8) is 0 Å². The number of rotatable bonds is 6. The molecule has 0 atom stereocenters. The Morgan fingerprint density at radius 1 is 0.571 bits per heavy atom. The molecule has 0 unspecified atom stereocenters. The van der Waals surface area contributed by atoms with Gasteiger partial charge >= 0.3 is 11.9 Å². The molecule has 4 aromatic rings. The predicted octanol–water partition coefficient (Wildman–Crippen LogP) is 6.43. The summed E-state index contributed by atoms with van der Waals surface area (Å²) in [6.07, 6.45) is 3.21. The van der Waals surface area contributed by atoms with Crippen molar-refractivity contribution in [2.24, 2.45) is 0 Å². The van der Waals surface area contributed by atoms with Gasteiger partial charge in [-0.3, -0.25) is 0 Å². The fourth-order valence-corrected chi connectivity index (χ4v) is 5.79. The molecule has 42 heavy (non-hydrogen) atoms. The lowest BCUT2D eigenvalue weighted by Gasteiger charge is -2.05. The lowest BCUT2D eigenvalue weighted by molar-refractivity contribution is -0.134. The molecule has 0 saturated carbocycles. The number of carbonyl (C=O) groups excluding carboxylic acids is 2. The maximum atomic E-state index is 12.0. The van der Waals surface area contributed by atoms with Crippen molar-refractivity contribution in [1.82, 2.24) is 0 Å². The highest BCUT2D eigenvalue weighted by molar-refractivity contribution is 7.98. The summed E-state index contributed by atoms with van der Waals surface area (Å²) in [4.78, 5) is 25.5. The van der Waals surface area contributed by atoms with Gasteiger partial charge in [0.05, 0.1) is 16.0 Å². The van der Waals surface area contributed by atoms with Crippen molar-refractivity contribution >= 4 is 55.8 Å². The molecule has 0 bridgehead atoms. The average Bonchev–Trinajstić information content (AvgIpc) is 3.60. The number of hydrogen-bond donors (Lipinski definition) is 0. The standard InChI is InChI=1S/C17H14O4S.C17H14O2S/c1-22(19,20)14-9-7-12(8-10-14)15-11-21-17(18)16(15)13-5-3-2-4-6-13;1-20-14-9-7-12(8-10-14)15-11-19-17(18)16(15)13-5-3-2-4-6-13/h2-10H,11H2,1H3;2-10H,11H2,1H3. The van der Waals surface area contributed by atoms with Crippen LogP contribution in [-0.2, 0) is 28.9 Å². The van der Waals surface area contributed by atoms with Gasteiger partial charge < -0.3 is 9.47 Å². The third kappa shape index (κ3) is 6.40. The van der Waals surface area contributed by atoms with E-state index in [1.165, 1.54) is 11.2 Å². The van der Waals surface area contributed by atoms with Gasteiger partial charge in [-0.25, -0.2) is 18.0 Å². The topological polar surface area (TPSA) is 86.7 Å². The predicted molar refractivity (Wildman–Crippen MR) is 166 cm³/mol. The summed E-state index contributed by atoms with van der Waals surface area (Å²) in [6, 6.07) is 33.7. The van der Waals surface area contributed by atoms with Crippen LogP contribution in [0.25, 0.3) is 22.3 Å². The van der Waals surface area contributed by atoms with Gasteiger partial charge in [-0.15, -0.1) is 11.8 Å². The third-order valence-electron chi connectivity index (χ3n) is 6.90. The van der Waals surface area contributed by atoms with Crippen molar-refractivity contribution in [2.45, 2.75) is 9.79 Å². The van der Waals surface area contributed by atoms with E-state index in [9.17, 15) is 18.0 Å². The van der Waals surface area contributed by atoms with Crippen LogP contribution in [0.1, 0.15) is 22.3 Å². The molecule has 0 amide bonds. The van der Waals surface area contributed by atoms with E-state index in [1.54, 1.807) is 36.0 Å². The molecule has 0 spiro atoms. The zero-order valence-electron chi connectivity index (χ0n) is 23.1. The first-order valence-corrected chi connectivity index (χ1v) is 16.2. The zero-order valence-corrected chi connectivity index (χ0v) is 24.7. The highest BCUT2D eigenvalue weighted by Crippen LogP contribution is 2.34. The minimum Gasteiger partial charge on any atom is -0.457 e. The number of ether oxygens (including phenoxy) is 2. The summed E-state index contributed by atoms with van der Waals surface area (Å²) in [7, 11) is -3.23. The Kier molecular flexibility index (Phi) is 8.75. The summed E-state index contributed by atoms with van der Waals surface area (Å²) in [5.41, 5.74) is 6.51. The molecular formula is C34H28O6S2. The van der Waals surface area contributed by atoms with Gasteiger partial charge in [-0.2, -0.15) is 0 Å². The van der Waals surface area contributed by atoms with Crippen LogP contribution in [0.4, 0.5) is 0 Å². The Balaban J connectivity index is 0.000000169. The minimum atomic E-state index is -3.23. The van der Waals surface area contributed by atoms with Crippen molar-refractivity contribution in [3.8, 4) is 0 Å². The smallest absolute Gasteiger partial charge is 0.339 e. The number of sulfone groups is 1. The van der Waals surface area contributed by atoms with Crippen LogP contribution in [0.5, 0.6) is 0 Å². The number of thioether (sulfide) groups is 1. The van der Waals surface area contributed by atoms with Crippen LogP contribution in [0, 0.1) is 0 Å². The Morgan fingerprint density at radius 3 is 1.36 bits per heavy atom. The van der Waals surface area contributed by atoms with E-state index in [-0.39, 0.29) is 23.4 Å². The zero-order chi connectivity index (χ0) is 29.7. The molecule has 0 aromatic heterocycles. The molecule has 0 fully saturated rings. The van der Waals surface area contributed by atoms with Gasteiger partial charge in [0.15, 0.2) is 9.84 Å². The normalized spacial score (nSPS) is 14.8. The lowest BCUT2D eigenvalue weighted by atomic mass is 9.97. The maximum absolute atomic E-state index is 12.0. The van der Waals surface area contributed by atoms with Crippen LogP contribution < -0.4 is 0 Å². The number of carbonyl (C=O) groups is 2. The Bertz CT molecular complexity index is 1770. The second kappa shape index (κ2) is 12.6. The van der Waals surface area contributed by atoms with Crippen molar-refractivity contribution in [2.75, 3.05) is 25.7 Å². The fourth-order valence-electron chi connectivity index (χ4n) is 4.76. The van der Waals surface area contributed by atoms with Crippen LogP contribution in [-0.4, -0.2) is 46.1 Å². The summed E-state index contributed by atoms with van der Waals surface area (Å²) in [5.74, 6) is -0.589. The first-order valence-electron chi connectivity index (χ1n) is 13.1. The third-order valence-corrected chi connectivity index (χ3v) is 8.77. The SMILES string of the molecule is CS(=O)(=O)c1ccc(C2=C(c3ccccc3)C(=O)OC2)cc1.CSc1ccc(C2=C(c3ccccc3)C(=O)OC2)cc1. The summed E-state index contributed by atoms with van der Waals surface area (Å²) >= 11 is 1.70. The molecule has 0 radical (unpaired) electrons. The Labute approximate surface area is 249 Å². The molecule has 6 nitrogen and oxygen atoms in total.